The van der Waals surface area contributed by atoms with Crippen LogP contribution in [0.4, 0.5) is 10.5 Å². The summed E-state index contributed by atoms with van der Waals surface area (Å²) in [4.78, 5) is 37.2. The van der Waals surface area contributed by atoms with Gasteiger partial charge in [-0.2, -0.15) is 5.10 Å². The Morgan fingerprint density at radius 3 is 2.78 bits per heavy atom. The number of H-pyrrole nitrogens is 1. The van der Waals surface area contributed by atoms with Gasteiger partial charge in [0.1, 0.15) is 6.54 Å². The molecule has 0 aliphatic carbocycles. The Bertz CT molecular complexity index is 792. The molecule has 2 aromatic heterocycles. The van der Waals surface area contributed by atoms with Crippen molar-refractivity contribution in [2.45, 2.75) is 26.9 Å². The van der Waals surface area contributed by atoms with Crippen molar-refractivity contribution in [2.24, 2.45) is 5.73 Å². The number of nitrogens with two attached hydrogens (primary N) is 1. The number of aromatic amines is 1. The molecule has 0 aromatic carbocycles. The number of primary amides is 1. The minimum absolute atomic E-state index is 0.0682. The van der Waals surface area contributed by atoms with E-state index in [0.717, 1.165) is 11.3 Å². The number of nitrogens with zero attached hydrogens (tertiary/aromatic N) is 2. The van der Waals surface area contributed by atoms with E-state index in [-0.39, 0.29) is 18.6 Å². The van der Waals surface area contributed by atoms with Gasteiger partial charge in [0.05, 0.1) is 18.4 Å². The summed E-state index contributed by atoms with van der Waals surface area (Å²) in [5.74, 6) is -0.529. The highest BCUT2D eigenvalue weighted by molar-refractivity contribution is 5.88. The average molecular weight is 318 g/mol. The molecule has 23 heavy (non-hydrogen) atoms. The summed E-state index contributed by atoms with van der Waals surface area (Å²) in [6, 6.07) is 1.35. The largest absolute Gasteiger partial charge is 0.368 e. The van der Waals surface area contributed by atoms with E-state index in [0.29, 0.717) is 11.3 Å². The number of hydrogen-bond acceptors (Lipinski definition) is 4. The van der Waals surface area contributed by atoms with Gasteiger partial charge in [0.15, 0.2) is 0 Å². The first kappa shape index (κ1) is 16.3. The molecule has 0 saturated heterocycles. The van der Waals surface area contributed by atoms with Gasteiger partial charge in [-0.25, -0.2) is 4.79 Å². The van der Waals surface area contributed by atoms with E-state index < -0.39 is 11.9 Å². The number of hydrogen-bond donors (Lipinski definition) is 4. The standard InChI is InChI=1S/C14H18N6O3/c1-8-3-9(2)18-13(22)11(8)5-16-14(23)19-10-4-17-20(6-10)7-12(15)21/h3-4,6H,5,7H2,1-2H3,(H2,15,21)(H,18,22)(H2,16,19,23). The molecule has 3 amide bonds. The molecule has 2 aromatic rings. The number of amides is 3. The zero-order valence-corrected chi connectivity index (χ0v) is 12.8. The molecule has 9 heteroatoms. The van der Waals surface area contributed by atoms with Gasteiger partial charge in [-0.1, -0.05) is 0 Å². The third-order valence-corrected chi connectivity index (χ3v) is 3.13. The fourth-order valence-corrected chi connectivity index (χ4v) is 2.12. The van der Waals surface area contributed by atoms with Crippen LogP contribution in [-0.4, -0.2) is 26.7 Å². The molecule has 0 radical (unpaired) electrons. The number of carbonyl (C=O) groups is 2. The first-order valence-corrected chi connectivity index (χ1v) is 6.90. The zero-order chi connectivity index (χ0) is 17.0. The number of nitrogens with one attached hydrogen (secondary N) is 3. The normalized spacial score (nSPS) is 10.3. The van der Waals surface area contributed by atoms with Crippen LogP contribution in [0.25, 0.3) is 0 Å². The molecule has 5 N–H and O–H groups in total. The van der Waals surface area contributed by atoms with Gasteiger partial charge >= 0.3 is 6.03 Å². The predicted octanol–water partition coefficient (Wildman–Crippen LogP) is -0.00476. The van der Waals surface area contributed by atoms with Crippen LogP contribution in [0.1, 0.15) is 16.8 Å². The SMILES string of the molecule is Cc1cc(C)c(CNC(=O)Nc2cnn(CC(N)=O)c2)c(=O)[nH]1. The summed E-state index contributed by atoms with van der Waals surface area (Å²) in [5, 5.41) is 9.04. The molecule has 0 spiro atoms. The van der Waals surface area contributed by atoms with Gasteiger partial charge in [-0.15, -0.1) is 0 Å². The van der Waals surface area contributed by atoms with Crippen LogP contribution < -0.4 is 21.9 Å². The number of aromatic nitrogens is 3. The molecular weight excluding hydrogens is 300 g/mol. The van der Waals surface area contributed by atoms with Gasteiger partial charge < -0.3 is 21.4 Å². The van der Waals surface area contributed by atoms with Crippen LogP contribution in [0.3, 0.4) is 0 Å². The van der Waals surface area contributed by atoms with Crippen LogP contribution in [0.15, 0.2) is 23.3 Å². The first-order valence-electron chi connectivity index (χ1n) is 6.90. The summed E-state index contributed by atoms with van der Waals surface area (Å²) in [5.41, 5.74) is 7.31. The molecule has 0 fully saturated rings. The van der Waals surface area contributed by atoms with Gasteiger partial charge in [-0.05, 0) is 25.5 Å². The number of aryl methyl sites for hydroxylation is 2. The topological polar surface area (TPSA) is 135 Å². The fourth-order valence-electron chi connectivity index (χ4n) is 2.12. The maximum absolute atomic E-state index is 11.9. The van der Waals surface area contributed by atoms with E-state index in [1.807, 2.05) is 13.0 Å². The highest BCUT2D eigenvalue weighted by atomic mass is 16.2. The van der Waals surface area contributed by atoms with Crippen molar-refractivity contribution in [3.8, 4) is 0 Å². The number of carbonyl (C=O) groups excluding carboxylic acids is 2. The molecule has 0 atom stereocenters. The van der Waals surface area contributed by atoms with Crippen molar-refractivity contribution in [2.75, 3.05) is 5.32 Å². The third-order valence-electron chi connectivity index (χ3n) is 3.13. The van der Waals surface area contributed by atoms with E-state index in [2.05, 4.69) is 20.7 Å². The lowest BCUT2D eigenvalue weighted by Crippen LogP contribution is -2.31. The maximum Gasteiger partial charge on any atom is 0.319 e. The monoisotopic (exact) mass is 318 g/mol. The van der Waals surface area contributed by atoms with Crippen molar-refractivity contribution in [1.29, 1.82) is 0 Å². The van der Waals surface area contributed by atoms with Gasteiger partial charge in [0.25, 0.3) is 5.56 Å². The quantitative estimate of drug-likeness (QED) is 0.617. The van der Waals surface area contributed by atoms with Crippen LogP contribution in [0.5, 0.6) is 0 Å². The van der Waals surface area contributed by atoms with E-state index in [4.69, 9.17) is 5.73 Å². The van der Waals surface area contributed by atoms with E-state index >= 15 is 0 Å². The molecule has 0 aliphatic rings. The summed E-state index contributed by atoms with van der Waals surface area (Å²) < 4.78 is 1.31. The minimum Gasteiger partial charge on any atom is -0.368 e. The summed E-state index contributed by atoms with van der Waals surface area (Å²) in [7, 11) is 0. The Morgan fingerprint density at radius 1 is 1.39 bits per heavy atom. The maximum atomic E-state index is 11.9. The predicted molar refractivity (Wildman–Crippen MR) is 83.8 cm³/mol. The first-order chi connectivity index (χ1) is 10.8. The van der Waals surface area contributed by atoms with Crippen LogP contribution >= 0.6 is 0 Å². The highest BCUT2D eigenvalue weighted by Gasteiger charge is 2.09. The van der Waals surface area contributed by atoms with Gasteiger partial charge in [-0.3, -0.25) is 14.3 Å². The van der Waals surface area contributed by atoms with Crippen molar-refractivity contribution in [1.82, 2.24) is 20.1 Å². The molecule has 122 valence electrons. The lowest BCUT2D eigenvalue weighted by atomic mass is 10.1. The number of urea groups is 1. The second-order valence-electron chi connectivity index (χ2n) is 5.14. The second kappa shape index (κ2) is 6.77. The molecule has 0 unspecified atom stereocenters. The summed E-state index contributed by atoms with van der Waals surface area (Å²) in [6.07, 6.45) is 2.88. The lowest BCUT2D eigenvalue weighted by molar-refractivity contribution is -0.118. The lowest BCUT2D eigenvalue weighted by Gasteiger charge is -2.08. The Labute approximate surface area is 131 Å². The smallest absolute Gasteiger partial charge is 0.319 e. The summed E-state index contributed by atoms with van der Waals surface area (Å²) in [6.45, 7) is 3.64. The average Bonchev–Trinajstić information content (AvgIpc) is 2.83. The van der Waals surface area contributed by atoms with Crippen LogP contribution in [0, 0.1) is 13.8 Å². The molecule has 2 heterocycles. The second-order valence-corrected chi connectivity index (χ2v) is 5.14. The number of pyridine rings is 1. The molecule has 9 nitrogen and oxygen atoms in total. The van der Waals surface area contributed by atoms with Gasteiger partial charge in [0.2, 0.25) is 5.91 Å². The van der Waals surface area contributed by atoms with Crippen molar-refractivity contribution in [3.05, 3.63) is 45.6 Å². The zero-order valence-electron chi connectivity index (χ0n) is 12.8. The molecule has 0 aliphatic heterocycles. The van der Waals surface area contributed by atoms with E-state index in [1.54, 1.807) is 6.92 Å². The number of rotatable bonds is 5. The fraction of sp³-hybridized carbons (Fsp3) is 0.286. The Kier molecular flexibility index (Phi) is 4.79. The minimum atomic E-state index is -0.529. The van der Waals surface area contributed by atoms with E-state index in [1.165, 1.54) is 17.1 Å². The Balaban J connectivity index is 1.94. The Hall–Kier alpha value is -3.10. The van der Waals surface area contributed by atoms with E-state index in [9.17, 15) is 14.4 Å². The van der Waals surface area contributed by atoms with Crippen LogP contribution in [0.2, 0.25) is 0 Å². The van der Waals surface area contributed by atoms with Crippen LogP contribution in [-0.2, 0) is 17.9 Å². The van der Waals surface area contributed by atoms with Crippen molar-refractivity contribution in [3.63, 3.8) is 0 Å². The molecule has 0 saturated carbocycles. The van der Waals surface area contributed by atoms with Crippen molar-refractivity contribution < 1.29 is 9.59 Å². The number of anilines is 1. The summed E-state index contributed by atoms with van der Waals surface area (Å²) >= 11 is 0. The van der Waals surface area contributed by atoms with Crippen molar-refractivity contribution >= 4 is 17.6 Å². The molecule has 2 rings (SSSR count). The highest BCUT2D eigenvalue weighted by Crippen LogP contribution is 2.05. The van der Waals surface area contributed by atoms with Gasteiger partial charge in [0, 0.05) is 17.5 Å². The Morgan fingerprint density at radius 2 is 2.13 bits per heavy atom. The molecular formula is C14H18N6O3. The third kappa shape index (κ3) is 4.43. The molecule has 0 bridgehead atoms.